The number of ether oxygens (including phenoxy) is 1. The highest BCUT2D eigenvalue weighted by molar-refractivity contribution is 5.98. The molecule has 1 fully saturated rings. The number of carboxylic acid groups (broad SMARTS) is 1. The topological polar surface area (TPSA) is 63.6 Å². The molecule has 1 aliphatic rings. The summed E-state index contributed by atoms with van der Waals surface area (Å²) in [6.07, 6.45) is 0.912. The summed E-state index contributed by atoms with van der Waals surface area (Å²) >= 11 is 0. The van der Waals surface area contributed by atoms with Crippen molar-refractivity contribution in [1.29, 1.82) is 0 Å². The lowest BCUT2D eigenvalue weighted by atomic mass is 9.87. The van der Waals surface area contributed by atoms with Crippen LogP contribution in [0.15, 0.2) is 11.6 Å². The number of cyclic esters (lactones) is 1. The van der Waals surface area contributed by atoms with E-state index >= 15 is 0 Å². The number of carbonyl (C=O) groups excluding carboxylic acids is 1. The van der Waals surface area contributed by atoms with Gasteiger partial charge in [-0.25, -0.2) is 9.59 Å². The third-order valence-corrected chi connectivity index (χ3v) is 1.78. The van der Waals surface area contributed by atoms with Gasteiger partial charge < -0.3 is 9.84 Å². The Labute approximate surface area is 69.8 Å². The van der Waals surface area contributed by atoms with Gasteiger partial charge in [0.25, 0.3) is 0 Å². The van der Waals surface area contributed by atoms with Crippen molar-refractivity contribution in [3.63, 3.8) is 0 Å². The SMILES string of the molecule is CC1(C)COC(=O)/C1=C/C(=O)O. The normalized spacial score (nSPS) is 24.2. The third kappa shape index (κ3) is 1.47. The molecule has 0 spiro atoms. The van der Waals surface area contributed by atoms with Crippen LogP contribution in [0.1, 0.15) is 13.8 Å². The highest BCUT2D eigenvalue weighted by Crippen LogP contribution is 2.33. The van der Waals surface area contributed by atoms with Crippen molar-refractivity contribution in [3.05, 3.63) is 11.6 Å². The van der Waals surface area contributed by atoms with Crippen LogP contribution in [0, 0.1) is 5.41 Å². The number of hydrogen-bond acceptors (Lipinski definition) is 3. The fraction of sp³-hybridized carbons (Fsp3) is 0.500. The number of carbonyl (C=O) groups is 2. The zero-order valence-electron chi connectivity index (χ0n) is 6.96. The molecule has 0 saturated carbocycles. The van der Waals surface area contributed by atoms with Crippen LogP contribution in [0.25, 0.3) is 0 Å². The fourth-order valence-electron chi connectivity index (χ4n) is 1.06. The molecule has 0 aromatic carbocycles. The second-order valence-corrected chi connectivity index (χ2v) is 3.36. The van der Waals surface area contributed by atoms with Crippen LogP contribution in [0.5, 0.6) is 0 Å². The molecule has 0 aliphatic carbocycles. The van der Waals surface area contributed by atoms with Gasteiger partial charge in [-0.3, -0.25) is 0 Å². The molecule has 1 rings (SSSR count). The molecule has 1 N–H and O–H groups in total. The van der Waals surface area contributed by atoms with Crippen LogP contribution in [0.4, 0.5) is 0 Å². The number of carboxylic acids is 1. The highest BCUT2D eigenvalue weighted by Gasteiger charge is 2.38. The van der Waals surface area contributed by atoms with Crippen molar-refractivity contribution >= 4 is 11.9 Å². The van der Waals surface area contributed by atoms with Crippen molar-refractivity contribution in [2.75, 3.05) is 6.61 Å². The average Bonchev–Trinajstić information content (AvgIpc) is 2.15. The molecule has 0 bridgehead atoms. The van der Waals surface area contributed by atoms with Gasteiger partial charge in [-0.05, 0) is 0 Å². The Bertz CT molecular complexity index is 262. The summed E-state index contributed by atoms with van der Waals surface area (Å²) in [5.74, 6) is -1.64. The first-order chi connectivity index (χ1) is 5.43. The van der Waals surface area contributed by atoms with Crippen molar-refractivity contribution in [2.24, 2.45) is 5.41 Å². The maximum atomic E-state index is 11.0. The minimum atomic E-state index is -1.11. The lowest BCUT2D eigenvalue weighted by molar-refractivity contribution is -0.136. The summed E-state index contributed by atoms with van der Waals surface area (Å²) in [6.45, 7) is 3.80. The van der Waals surface area contributed by atoms with E-state index in [9.17, 15) is 9.59 Å². The zero-order chi connectivity index (χ0) is 9.35. The number of aliphatic carboxylic acids is 1. The molecule has 1 saturated heterocycles. The minimum absolute atomic E-state index is 0.231. The average molecular weight is 170 g/mol. The first kappa shape index (κ1) is 8.77. The van der Waals surface area contributed by atoms with E-state index in [0.717, 1.165) is 6.08 Å². The van der Waals surface area contributed by atoms with Gasteiger partial charge in [-0.2, -0.15) is 0 Å². The van der Waals surface area contributed by atoms with Gasteiger partial charge in [-0.15, -0.1) is 0 Å². The van der Waals surface area contributed by atoms with Crippen LogP contribution in [0.3, 0.4) is 0 Å². The van der Waals surface area contributed by atoms with E-state index in [1.807, 2.05) is 0 Å². The molecule has 66 valence electrons. The number of esters is 1. The lowest BCUT2D eigenvalue weighted by Crippen LogP contribution is -2.15. The van der Waals surface area contributed by atoms with Gasteiger partial charge in [0.15, 0.2) is 0 Å². The van der Waals surface area contributed by atoms with Crippen molar-refractivity contribution in [3.8, 4) is 0 Å². The largest absolute Gasteiger partial charge is 0.478 e. The minimum Gasteiger partial charge on any atom is -0.478 e. The van der Waals surface area contributed by atoms with Crippen molar-refractivity contribution in [2.45, 2.75) is 13.8 Å². The lowest BCUT2D eigenvalue weighted by Gasteiger charge is -2.12. The molecule has 0 radical (unpaired) electrons. The summed E-state index contributed by atoms with van der Waals surface area (Å²) in [6, 6.07) is 0. The van der Waals surface area contributed by atoms with Crippen LogP contribution in [0.2, 0.25) is 0 Å². The Morgan fingerprint density at radius 2 is 2.25 bits per heavy atom. The second-order valence-electron chi connectivity index (χ2n) is 3.36. The smallest absolute Gasteiger partial charge is 0.334 e. The summed E-state index contributed by atoms with van der Waals surface area (Å²) in [5, 5.41) is 8.44. The zero-order valence-corrected chi connectivity index (χ0v) is 6.96. The quantitative estimate of drug-likeness (QED) is 0.462. The fourth-order valence-corrected chi connectivity index (χ4v) is 1.06. The highest BCUT2D eigenvalue weighted by atomic mass is 16.5. The first-order valence-corrected chi connectivity index (χ1v) is 3.56. The summed E-state index contributed by atoms with van der Waals surface area (Å²) < 4.78 is 4.71. The molecule has 0 atom stereocenters. The Balaban J connectivity index is 3.00. The Morgan fingerprint density at radius 3 is 2.58 bits per heavy atom. The van der Waals surface area contributed by atoms with E-state index in [1.165, 1.54) is 0 Å². The molecule has 0 aromatic heterocycles. The van der Waals surface area contributed by atoms with Gasteiger partial charge in [0.2, 0.25) is 0 Å². The molecule has 12 heavy (non-hydrogen) atoms. The molecule has 1 heterocycles. The predicted molar refractivity (Wildman–Crippen MR) is 40.5 cm³/mol. The second kappa shape index (κ2) is 2.62. The molecular weight excluding hydrogens is 160 g/mol. The van der Waals surface area contributed by atoms with Crippen LogP contribution in [-0.4, -0.2) is 23.7 Å². The third-order valence-electron chi connectivity index (χ3n) is 1.78. The van der Waals surface area contributed by atoms with E-state index < -0.39 is 17.4 Å². The monoisotopic (exact) mass is 170 g/mol. The molecular formula is C8H10O4. The molecule has 4 heteroatoms. The Kier molecular flexibility index (Phi) is 1.92. The van der Waals surface area contributed by atoms with Gasteiger partial charge in [-0.1, -0.05) is 13.8 Å². The van der Waals surface area contributed by atoms with Crippen LogP contribution >= 0.6 is 0 Å². The van der Waals surface area contributed by atoms with E-state index in [4.69, 9.17) is 9.84 Å². The standard InChI is InChI=1S/C8H10O4/c1-8(2)4-12-7(11)5(8)3-6(9)10/h3H,4H2,1-2H3,(H,9,10)/b5-3-. The van der Waals surface area contributed by atoms with Crippen LogP contribution in [-0.2, 0) is 14.3 Å². The number of hydrogen-bond donors (Lipinski definition) is 1. The maximum Gasteiger partial charge on any atom is 0.334 e. The van der Waals surface area contributed by atoms with Gasteiger partial charge in [0.1, 0.15) is 6.61 Å². The molecule has 4 nitrogen and oxygen atoms in total. The van der Waals surface area contributed by atoms with Gasteiger partial charge in [0.05, 0.1) is 5.57 Å². The summed E-state index contributed by atoms with van der Waals surface area (Å²) in [7, 11) is 0. The Hall–Kier alpha value is -1.32. The van der Waals surface area contributed by atoms with E-state index in [0.29, 0.717) is 0 Å². The molecule has 0 unspecified atom stereocenters. The molecule has 0 aromatic rings. The van der Waals surface area contributed by atoms with Gasteiger partial charge in [0, 0.05) is 11.5 Å². The molecule has 0 amide bonds. The van der Waals surface area contributed by atoms with Gasteiger partial charge >= 0.3 is 11.9 Å². The van der Waals surface area contributed by atoms with E-state index in [1.54, 1.807) is 13.8 Å². The summed E-state index contributed by atoms with van der Waals surface area (Å²) in [5.41, 5.74) is -0.245. The summed E-state index contributed by atoms with van der Waals surface area (Å²) in [4.78, 5) is 21.3. The van der Waals surface area contributed by atoms with Crippen molar-refractivity contribution < 1.29 is 19.4 Å². The first-order valence-electron chi connectivity index (χ1n) is 3.56. The Morgan fingerprint density at radius 1 is 1.67 bits per heavy atom. The van der Waals surface area contributed by atoms with Crippen molar-refractivity contribution in [1.82, 2.24) is 0 Å². The maximum absolute atomic E-state index is 11.0. The predicted octanol–water partition coefficient (Wildman–Crippen LogP) is 0.580. The van der Waals surface area contributed by atoms with E-state index in [2.05, 4.69) is 0 Å². The van der Waals surface area contributed by atoms with E-state index in [-0.39, 0.29) is 12.2 Å². The van der Waals surface area contributed by atoms with Crippen LogP contribution < -0.4 is 0 Å². The number of rotatable bonds is 1. The molecule has 1 aliphatic heterocycles.